The van der Waals surface area contributed by atoms with Gasteiger partial charge in [-0.3, -0.25) is 9.69 Å². The van der Waals surface area contributed by atoms with Gasteiger partial charge in [-0.25, -0.2) is 9.20 Å². The van der Waals surface area contributed by atoms with E-state index in [9.17, 15) is 9.59 Å². The Morgan fingerprint density at radius 3 is 2.89 bits per heavy atom. The van der Waals surface area contributed by atoms with E-state index < -0.39 is 11.6 Å². The highest BCUT2D eigenvalue weighted by atomic mass is 16.3. The third-order valence-electron chi connectivity index (χ3n) is 3.07. The predicted molar refractivity (Wildman–Crippen MR) is 69.3 cm³/mol. The Hall–Kier alpha value is -1.99. The molecule has 0 saturated heterocycles. The van der Waals surface area contributed by atoms with Crippen molar-refractivity contribution in [3.8, 4) is 0 Å². The average Bonchev–Trinajstić information content (AvgIpc) is 2.75. The van der Waals surface area contributed by atoms with Gasteiger partial charge in [0.15, 0.2) is 5.65 Å². The largest absolute Gasteiger partial charge is 0.395 e. The number of pyridine rings is 1. The maximum atomic E-state index is 12.0. The molecule has 19 heavy (non-hydrogen) atoms. The number of carbonyl (C=O) groups excluding carboxylic acids is 1. The van der Waals surface area contributed by atoms with E-state index in [4.69, 9.17) is 5.11 Å². The molecule has 102 valence electrons. The second-order valence-corrected chi connectivity index (χ2v) is 4.46. The van der Waals surface area contributed by atoms with E-state index in [1.54, 1.807) is 43.3 Å². The summed E-state index contributed by atoms with van der Waals surface area (Å²) in [5, 5.41) is 13.0. The molecule has 7 nitrogen and oxygen atoms in total. The first-order valence-corrected chi connectivity index (χ1v) is 5.95. The highest BCUT2D eigenvalue weighted by Gasteiger charge is 2.17. The number of hydrogen-bond acceptors (Lipinski definition) is 5. The molecule has 0 saturated carbocycles. The number of aromatic nitrogens is 3. The molecule has 1 atom stereocenters. The SMILES string of the molecule is CC(CO)N(C)CC(=O)n1nc2ccccn2c1=O. The van der Waals surface area contributed by atoms with Crippen molar-refractivity contribution in [3.63, 3.8) is 0 Å². The van der Waals surface area contributed by atoms with E-state index in [2.05, 4.69) is 5.10 Å². The van der Waals surface area contributed by atoms with Crippen molar-refractivity contribution in [1.29, 1.82) is 0 Å². The monoisotopic (exact) mass is 264 g/mol. The summed E-state index contributed by atoms with van der Waals surface area (Å²) in [5.41, 5.74) is -0.0515. The number of aliphatic hydroxyl groups excluding tert-OH is 1. The Morgan fingerprint density at radius 1 is 1.53 bits per heavy atom. The highest BCUT2D eigenvalue weighted by Crippen LogP contribution is 1.97. The minimum Gasteiger partial charge on any atom is -0.395 e. The van der Waals surface area contributed by atoms with Crippen LogP contribution in [0.5, 0.6) is 0 Å². The minimum atomic E-state index is -0.481. The molecule has 2 aromatic heterocycles. The van der Waals surface area contributed by atoms with Crippen LogP contribution in [0, 0.1) is 0 Å². The predicted octanol–water partition coefficient (Wildman–Crippen LogP) is -0.551. The van der Waals surface area contributed by atoms with Crippen LogP contribution in [0.3, 0.4) is 0 Å². The molecule has 0 aliphatic carbocycles. The van der Waals surface area contributed by atoms with Crippen molar-refractivity contribution < 1.29 is 9.90 Å². The van der Waals surface area contributed by atoms with Crippen LogP contribution in [0.2, 0.25) is 0 Å². The first-order chi connectivity index (χ1) is 9.04. The fourth-order valence-electron chi connectivity index (χ4n) is 1.66. The van der Waals surface area contributed by atoms with Gasteiger partial charge in [-0.05, 0) is 26.1 Å². The zero-order valence-electron chi connectivity index (χ0n) is 10.9. The lowest BCUT2D eigenvalue weighted by atomic mass is 10.3. The third-order valence-corrected chi connectivity index (χ3v) is 3.07. The first-order valence-electron chi connectivity index (χ1n) is 5.95. The second-order valence-electron chi connectivity index (χ2n) is 4.46. The quantitative estimate of drug-likeness (QED) is 0.801. The molecule has 0 bridgehead atoms. The lowest BCUT2D eigenvalue weighted by molar-refractivity contribution is 0.0789. The highest BCUT2D eigenvalue weighted by molar-refractivity contribution is 5.80. The topological polar surface area (TPSA) is 79.8 Å². The van der Waals surface area contributed by atoms with Crippen LogP contribution in [0.25, 0.3) is 5.65 Å². The van der Waals surface area contributed by atoms with Crippen LogP contribution in [0.1, 0.15) is 11.7 Å². The van der Waals surface area contributed by atoms with Gasteiger partial charge in [-0.15, -0.1) is 9.78 Å². The van der Waals surface area contributed by atoms with E-state index >= 15 is 0 Å². The Balaban J connectivity index is 2.27. The summed E-state index contributed by atoms with van der Waals surface area (Å²) < 4.78 is 2.17. The van der Waals surface area contributed by atoms with Crippen molar-refractivity contribution in [2.24, 2.45) is 0 Å². The summed E-state index contributed by atoms with van der Waals surface area (Å²) >= 11 is 0. The number of hydrogen-bond donors (Lipinski definition) is 1. The normalized spacial score (nSPS) is 13.1. The van der Waals surface area contributed by atoms with Gasteiger partial charge in [0.25, 0.3) is 5.91 Å². The van der Waals surface area contributed by atoms with Gasteiger partial charge in [0.2, 0.25) is 0 Å². The molecule has 1 N–H and O–H groups in total. The van der Waals surface area contributed by atoms with Crippen LogP contribution >= 0.6 is 0 Å². The number of likely N-dealkylation sites (N-methyl/N-ethyl adjacent to an activating group) is 1. The van der Waals surface area contributed by atoms with Gasteiger partial charge in [-0.2, -0.15) is 0 Å². The molecule has 0 amide bonds. The van der Waals surface area contributed by atoms with E-state index in [-0.39, 0.29) is 19.2 Å². The molecule has 0 radical (unpaired) electrons. The standard InChI is InChI=1S/C12H16N4O3/c1-9(8-17)14(2)7-11(18)16-12(19)15-6-4-3-5-10(15)13-16/h3-6,9,17H,7-8H2,1-2H3. The van der Waals surface area contributed by atoms with Crippen molar-refractivity contribution in [1.82, 2.24) is 19.1 Å². The number of rotatable bonds is 4. The van der Waals surface area contributed by atoms with Crippen LogP contribution in [-0.2, 0) is 0 Å². The average molecular weight is 264 g/mol. The van der Waals surface area contributed by atoms with Crippen LogP contribution in [0.4, 0.5) is 0 Å². The third kappa shape index (κ3) is 2.56. The molecular weight excluding hydrogens is 248 g/mol. The van der Waals surface area contributed by atoms with Gasteiger partial charge in [0.1, 0.15) is 0 Å². The van der Waals surface area contributed by atoms with E-state index in [1.807, 2.05) is 0 Å². The van der Waals surface area contributed by atoms with Crippen molar-refractivity contribution in [2.45, 2.75) is 13.0 Å². The molecule has 0 aliphatic heterocycles. The maximum Gasteiger partial charge on any atom is 0.357 e. The van der Waals surface area contributed by atoms with E-state index in [0.29, 0.717) is 5.65 Å². The lowest BCUT2D eigenvalue weighted by Gasteiger charge is -2.21. The fourth-order valence-corrected chi connectivity index (χ4v) is 1.66. The molecule has 0 fully saturated rings. The Bertz CT molecular complexity index is 646. The molecule has 1 unspecified atom stereocenters. The molecule has 0 spiro atoms. The first kappa shape index (κ1) is 13.4. The summed E-state index contributed by atoms with van der Waals surface area (Å²) in [7, 11) is 1.71. The number of fused-ring (bicyclic) bond motifs is 1. The minimum absolute atomic E-state index is 0.0194. The summed E-state index contributed by atoms with van der Waals surface area (Å²) in [6.45, 7) is 1.76. The molecule has 2 heterocycles. The summed E-state index contributed by atoms with van der Waals surface area (Å²) in [6, 6.07) is 4.95. The van der Waals surface area contributed by atoms with Crippen LogP contribution in [-0.4, -0.2) is 56.3 Å². The van der Waals surface area contributed by atoms with E-state index in [0.717, 1.165) is 4.68 Å². The molecule has 0 aliphatic rings. The second kappa shape index (κ2) is 5.33. The smallest absolute Gasteiger partial charge is 0.357 e. The van der Waals surface area contributed by atoms with Gasteiger partial charge < -0.3 is 5.11 Å². The zero-order valence-corrected chi connectivity index (χ0v) is 10.9. The molecule has 2 rings (SSSR count). The van der Waals surface area contributed by atoms with Crippen LogP contribution in [0.15, 0.2) is 29.2 Å². The lowest BCUT2D eigenvalue weighted by Crippen LogP contribution is -2.40. The maximum absolute atomic E-state index is 12.0. The Kier molecular flexibility index (Phi) is 3.77. The number of nitrogens with zero attached hydrogens (tertiary/aromatic N) is 4. The summed E-state index contributed by atoms with van der Waals surface area (Å²) in [5.74, 6) is -0.420. The van der Waals surface area contributed by atoms with E-state index in [1.165, 1.54) is 4.40 Å². The number of carbonyl (C=O) groups is 1. The molecular formula is C12H16N4O3. The van der Waals surface area contributed by atoms with Gasteiger partial charge in [0, 0.05) is 12.2 Å². The van der Waals surface area contributed by atoms with Crippen molar-refractivity contribution >= 4 is 11.6 Å². The Labute approximate surface area is 109 Å². The van der Waals surface area contributed by atoms with Gasteiger partial charge in [-0.1, -0.05) is 6.07 Å². The fraction of sp³-hybridized carbons (Fsp3) is 0.417. The molecule has 7 heteroatoms. The summed E-state index contributed by atoms with van der Waals surface area (Å²) in [6.07, 6.45) is 1.56. The van der Waals surface area contributed by atoms with Crippen LogP contribution < -0.4 is 5.69 Å². The molecule has 2 aromatic rings. The number of aliphatic hydroxyl groups is 1. The van der Waals surface area contributed by atoms with Crippen molar-refractivity contribution in [2.75, 3.05) is 20.2 Å². The van der Waals surface area contributed by atoms with Crippen molar-refractivity contribution in [3.05, 3.63) is 34.9 Å². The zero-order chi connectivity index (χ0) is 14.0. The van der Waals surface area contributed by atoms with Gasteiger partial charge >= 0.3 is 5.69 Å². The molecule has 0 aromatic carbocycles. The Morgan fingerprint density at radius 2 is 2.26 bits per heavy atom. The summed E-state index contributed by atoms with van der Waals surface area (Å²) in [4.78, 5) is 25.7. The van der Waals surface area contributed by atoms with Gasteiger partial charge in [0.05, 0.1) is 13.2 Å².